The molecule has 0 aliphatic carbocycles. The smallest absolute Gasteiger partial charge is 0.387 e. The van der Waals surface area contributed by atoms with Crippen LogP contribution in [0.4, 0.5) is 13.2 Å². The lowest BCUT2D eigenvalue weighted by molar-refractivity contribution is -0.153. The van der Waals surface area contributed by atoms with Crippen molar-refractivity contribution in [3.05, 3.63) is 59.2 Å². The van der Waals surface area contributed by atoms with Gasteiger partial charge in [-0.2, -0.15) is 8.78 Å². The van der Waals surface area contributed by atoms with Gasteiger partial charge in [-0.15, -0.1) is 0 Å². The maximum Gasteiger partial charge on any atom is 0.387 e. The summed E-state index contributed by atoms with van der Waals surface area (Å²) in [6.07, 6.45) is 1.06. The largest absolute Gasteiger partial charge is 0.460 e. The van der Waals surface area contributed by atoms with E-state index in [-0.39, 0.29) is 29.8 Å². The zero-order chi connectivity index (χ0) is 30.4. The molecule has 4 rings (SSSR count). The predicted octanol–water partition coefficient (Wildman–Crippen LogP) is 5.67. The minimum atomic E-state index is -3.02. The number of rotatable bonds is 8. The first-order valence-electron chi connectivity index (χ1n) is 13.2. The van der Waals surface area contributed by atoms with E-state index in [4.69, 9.17) is 9.73 Å². The highest BCUT2D eigenvalue weighted by atomic mass is 32.2. The number of nitrogens with zero attached hydrogens (tertiary/aromatic N) is 3. The number of ketones is 1. The van der Waals surface area contributed by atoms with Gasteiger partial charge < -0.3 is 9.47 Å². The van der Waals surface area contributed by atoms with Crippen molar-refractivity contribution in [2.75, 3.05) is 6.54 Å². The van der Waals surface area contributed by atoms with E-state index in [2.05, 4.69) is 14.1 Å². The van der Waals surface area contributed by atoms with E-state index < -0.39 is 55.0 Å². The summed E-state index contributed by atoms with van der Waals surface area (Å²) in [7, 11) is -3.00. The third-order valence-electron chi connectivity index (χ3n) is 7.40. The van der Waals surface area contributed by atoms with Gasteiger partial charge in [0, 0.05) is 24.2 Å². The first-order chi connectivity index (χ1) is 19.0. The van der Waals surface area contributed by atoms with Crippen LogP contribution in [-0.4, -0.2) is 55.4 Å². The minimum absolute atomic E-state index is 0.0263. The Morgan fingerprint density at radius 3 is 2.44 bits per heavy atom. The maximum absolute atomic E-state index is 15.5. The van der Waals surface area contributed by atoms with Crippen LogP contribution in [0.1, 0.15) is 76.0 Å². The number of pyridine rings is 1. The summed E-state index contributed by atoms with van der Waals surface area (Å²) in [6.45, 7) is 7.71. The van der Waals surface area contributed by atoms with Gasteiger partial charge in [0.15, 0.2) is 5.78 Å². The molecule has 222 valence electrons. The van der Waals surface area contributed by atoms with Gasteiger partial charge in [-0.3, -0.25) is 14.6 Å². The first-order valence-corrected chi connectivity index (χ1v) is 14.8. The second kappa shape index (κ2) is 10.8. The van der Waals surface area contributed by atoms with Gasteiger partial charge in [0.1, 0.15) is 28.4 Å². The lowest BCUT2D eigenvalue weighted by Gasteiger charge is -2.46. The SMILES string of the molecule is CC(C)(C)OC(=O)CC1=N[C@](C)(c2cc(CC(=O)c3ccc(OC(F)F)cn3)ccc2F)[C@@H]2CCN=[S@]2(=O)C1(C)C. The number of esters is 1. The summed E-state index contributed by atoms with van der Waals surface area (Å²) in [4.78, 5) is 34.6. The fourth-order valence-electron chi connectivity index (χ4n) is 5.38. The molecule has 0 spiro atoms. The Labute approximate surface area is 237 Å². The number of fused-ring (bicyclic) bond motifs is 1. The van der Waals surface area contributed by atoms with Crippen LogP contribution in [0.3, 0.4) is 0 Å². The highest BCUT2D eigenvalue weighted by molar-refractivity contribution is 7.96. The molecule has 0 radical (unpaired) electrons. The number of carbonyl (C=O) groups excluding carboxylic acids is 2. The molecule has 3 atom stereocenters. The van der Waals surface area contributed by atoms with Gasteiger partial charge in [0.05, 0.1) is 32.3 Å². The number of alkyl halides is 2. The number of aliphatic imine (C=N–C) groups is 1. The van der Waals surface area contributed by atoms with Crippen molar-refractivity contribution in [1.82, 2.24) is 4.98 Å². The van der Waals surface area contributed by atoms with Crippen molar-refractivity contribution in [1.29, 1.82) is 0 Å². The lowest BCUT2D eigenvalue weighted by atomic mass is 9.84. The molecule has 2 aromatic rings. The molecule has 41 heavy (non-hydrogen) atoms. The van der Waals surface area contributed by atoms with Crippen LogP contribution in [0, 0.1) is 5.82 Å². The maximum atomic E-state index is 15.5. The molecule has 0 N–H and O–H groups in total. The van der Waals surface area contributed by atoms with Crippen LogP contribution in [-0.2, 0) is 31.2 Å². The van der Waals surface area contributed by atoms with Crippen molar-refractivity contribution < 1.29 is 36.4 Å². The average Bonchev–Trinajstić information content (AvgIpc) is 3.27. The average molecular weight is 594 g/mol. The molecule has 2 aliphatic rings. The number of hydrogen-bond donors (Lipinski definition) is 0. The van der Waals surface area contributed by atoms with Crippen LogP contribution in [0.15, 0.2) is 45.9 Å². The molecule has 0 fully saturated rings. The molecule has 0 saturated heterocycles. The van der Waals surface area contributed by atoms with Crippen LogP contribution in [0.2, 0.25) is 0 Å². The zero-order valence-corrected chi connectivity index (χ0v) is 24.7. The standard InChI is InChI=1S/C29H34F3N3O5S/c1-27(2,3)40-25(37)15-23-28(4,5)41(38)24(11-12-34-41)29(6,35-23)19-13-17(7-9-20(19)30)14-22(36)21-10-8-18(16-33-21)39-26(31)32/h7-10,13,16,24,26H,11-12,14-15H2,1-6H3/t24-,29+,41+/m0/s1. The molecule has 0 saturated carbocycles. The Morgan fingerprint density at radius 2 is 1.83 bits per heavy atom. The van der Waals surface area contributed by atoms with E-state index in [9.17, 15) is 22.6 Å². The highest BCUT2D eigenvalue weighted by Crippen LogP contribution is 2.49. The number of Topliss-reactive ketones (excluding diaryl/α,β-unsaturated/α-hetero) is 1. The van der Waals surface area contributed by atoms with Crippen molar-refractivity contribution >= 4 is 27.2 Å². The van der Waals surface area contributed by atoms with Gasteiger partial charge >= 0.3 is 12.6 Å². The quantitative estimate of drug-likeness (QED) is 0.289. The molecular weight excluding hydrogens is 559 g/mol. The Hall–Kier alpha value is -3.28. The van der Waals surface area contributed by atoms with E-state index in [0.29, 0.717) is 24.2 Å². The third kappa shape index (κ3) is 6.02. The van der Waals surface area contributed by atoms with Gasteiger partial charge in [-0.05, 0) is 77.8 Å². The predicted molar refractivity (Wildman–Crippen MR) is 148 cm³/mol. The first kappa shape index (κ1) is 30.7. The molecule has 0 amide bonds. The fourth-order valence-corrected chi connectivity index (χ4v) is 8.66. The summed E-state index contributed by atoms with van der Waals surface area (Å²) in [6, 6.07) is 6.70. The number of halogens is 3. The van der Waals surface area contributed by atoms with Crippen LogP contribution >= 0.6 is 0 Å². The van der Waals surface area contributed by atoms with E-state index in [1.807, 2.05) is 0 Å². The van der Waals surface area contributed by atoms with E-state index >= 15 is 4.39 Å². The summed E-state index contributed by atoms with van der Waals surface area (Å²) in [5.74, 6) is -1.73. The molecule has 0 bridgehead atoms. The Morgan fingerprint density at radius 1 is 1.12 bits per heavy atom. The number of carbonyl (C=O) groups is 2. The summed E-state index contributed by atoms with van der Waals surface area (Å²) in [5.41, 5.74) is -1.13. The Kier molecular flexibility index (Phi) is 8.12. The van der Waals surface area contributed by atoms with Crippen LogP contribution < -0.4 is 4.74 Å². The van der Waals surface area contributed by atoms with Crippen molar-refractivity contribution in [3.8, 4) is 5.75 Å². The molecule has 8 nitrogen and oxygen atoms in total. The molecule has 1 aromatic heterocycles. The second-order valence-electron chi connectivity index (χ2n) is 11.9. The van der Waals surface area contributed by atoms with E-state index in [1.165, 1.54) is 30.3 Å². The molecular formula is C29H34F3N3O5S. The minimum Gasteiger partial charge on any atom is -0.460 e. The Bertz CT molecular complexity index is 1510. The van der Waals surface area contributed by atoms with Crippen LogP contribution in [0.25, 0.3) is 0 Å². The number of benzene rings is 1. The van der Waals surface area contributed by atoms with E-state index in [0.717, 1.165) is 6.20 Å². The van der Waals surface area contributed by atoms with Crippen molar-refractivity contribution in [2.24, 2.45) is 9.36 Å². The Balaban J connectivity index is 1.71. The number of ether oxygens (including phenoxy) is 2. The molecule has 1 aromatic carbocycles. The summed E-state index contributed by atoms with van der Waals surface area (Å²) in [5, 5.41) is -0.628. The molecule has 2 aliphatic heterocycles. The summed E-state index contributed by atoms with van der Waals surface area (Å²) >= 11 is 0. The van der Waals surface area contributed by atoms with Gasteiger partial charge in [-0.25, -0.2) is 17.9 Å². The summed E-state index contributed by atoms with van der Waals surface area (Å²) < 4.78 is 68.1. The second-order valence-corrected chi connectivity index (χ2v) is 14.8. The molecule has 0 unspecified atom stereocenters. The van der Waals surface area contributed by atoms with Crippen molar-refractivity contribution in [3.63, 3.8) is 0 Å². The molecule has 3 heterocycles. The number of aromatic nitrogens is 1. The van der Waals surface area contributed by atoms with E-state index in [1.54, 1.807) is 41.5 Å². The van der Waals surface area contributed by atoms with Gasteiger partial charge in [0.2, 0.25) is 0 Å². The van der Waals surface area contributed by atoms with Crippen molar-refractivity contribution in [2.45, 2.75) is 88.6 Å². The topological polar surface area (TPSA) is 107 Å². The fraction of sp³-hybridized carbons (Fsp3) is 0.517. The van der Waals surface area contributed by atoms with Gasteiger partial charge in [-0.1, -0.05) is 6.07 Å². The monoisotopic (exact) mass is 593 g/mol. The normalized spacial score (nSPS) is 25.2. The number of hydrogen-bond acceptors (Lipinski definition) is 8. The molecule has 12 heteroatoms. The zero-order valence-electron chi connectivity index (χ0n) is 23.9. The third-order valence-corrected chi connectivity index (χ3v) is 11.1. The van der Waals surface area contributed by atoms with Gasteiger partial charge in [0.25, 0.3) is 0 Å². The highest BCUT2D eigenvalue weighted by Gasteiger charge is 2.57. The lowest BCUT2D eigenvalue weighted by Crippen LogP contribution is -2.56. The van der Waals surface area contributed by atoms with Crippen LogP contribution in [0.5, 0.6) is 5.75 Å².